The van der Waals surface area contributed by atoms with Gasteiger partial charge in [0.05, 0.1) is 5.60 Å². The quantitative estimate of drug-likeness (QED) is 0.0876. The molecule has 2 rings (SSSR count). The van der Waals surface area contributed by atoms with Crippen molar-refractivity contribution in [2.75, 3.05) is 0 Å². The summed E-state index contributed by atoms with van der Waals surface area (Å²) in [6, 6.07) is 0. The number of carbonyl (C=O) groups excluding carboxylic acids is 1. The van der Waals surface area contributed by atoms with Gasteiger partial charge in [-0.15, -0.1) is 0 Å². The number of Topliss-reactive ketones (excluding diaryl/α,β-unsaturated/α-hetero) is 1. The Balaban J connectivity index is 2.44. The van der Waals surface area contributed by atoms with Gasteiger partial charge in [0, 0.05) is 17.6 Å². The molecule has 2 aliphatic rings. The van der Waals surface area contributed by atoms with Gasteiger partial charge in [0.25, 0.3) is 5.60 Å². The number of carbonyl (C=O) groups is 1. The predicted octanol–water partition coefficient (Wildman–Crippen LogP) is 10.5. The van der Waals surface area contributed by atoms with Crippen molar-refractivity contribution in [2.24, 2.45) is 22.7 Å². The average Bonchev–Trinajstić information content (AvgIpc) is 3.11. The molecule has 0 aromatic carbocycles. The van der Waals surface area contributed by atoms with Gasteiger partial charge >= 0.3 is 12.4 Å². The summed E-state index contributed by atoms with van der Waals surface area (Å²) in [5, 5.41) is -0.598. The Morgan fingerprint density at radius 2 is 1.61 bits per heavy atom. The van der Waals surface area contributed by atoms with Gasteiger partial charge < -0.3 is 4.43 Å². The number of ketones is 1. The third-order valence-electron chi connectivity index (χ3n) is 8.96. The molecular formula is C30H50F6O3SSi. The van der Waals surface area contributed by atoms with Crippen molar-refractivity contribution >= 4 is 26.1 Å². The molecular weight excluding hydrogens is 582 g/mol. The van der Waals surface area contributed by atoms with E-state index in [9.17, 15) is 31.1 Å². The molecule has 3 nitrogen and oxygen atoms in total. The molecule has 41 heavy (non-hydrogen) atoms. The summed E-state index contributed by atoms with van der Waals surface area (Å²) in [6.45, 7) is 17.4. The Bertz CT molecular complexity index is 913. The van der Waals surface area contributed by atoms with E-state index >= 15 is 0 Å². The third-order valence-corrected chi connectivity index (χ3v) is 10.9. The van der Waals surface area contributed by atoms with Crippen LogP contribution in [0.25, 0.3) is 0 Å². The van der Waals surface area contributed by atoms with Gasteiger partial charge in [0.1, 0.15) is 5.78 Å². The number of fused-ring (bicyclic) bond motifs is 1. The second kappa shape index (κ2) is 12.8. The molecule has 1 unspecified atom stereocenters. The highest BCUT2D eigenvalue weighted by molar-refractivity contribution is 7.95. The van der Waals surface area contributed by atoms with Crippen LogP contribution in [0.3, 0.4) is 0 Å². The van der Waals surface area contributed by atoms with Gasteiger partial charge in [0.2, 0.25) is 0 Å². The van der Waals surface area contributed by atoms with Crippen molar-refractivity contribution in [1.29, 1.82) is 0 Å². The molecule has 0 radical (unpaired) electrons. The van der Waals surface area contributed by atoms with Crippen LogP contribution in [0.5, 0.6) is 0 Å². The molecule has 0 aromatic heterocycles. The third kappa shape index (κ3) is 8.78. The van der Waals surface area contributed by atoms with Crippen LogP contribution in [0.2, 0.25) is 19.6 Å². The molecule has 0 heterocycles. The molecule has 0 bridgehead atoms. The lowest BCUT2D eigenvalue weighted by atomic mass is 9.56. The summed E-state index contributed by atoms with van der Waals surface area (Å²) >= 11 is 0.171. The van der Waals surface area contributed by atoms with Crippen molar-refractivity contribution in [3.63, 3.8) is 0 Å². The number of hydrogen-bond donors (Lipinski definition) is 0. The average molecular weight is 633 g/mol. The van der Waals surface area contributed by atoms with Crippen molar-refractivity contribution in [2.45, 2.75) is 148 Å². The zero-order valence-electron chi connectivity index (χ0n) is 26.2. The van der Waals surface area contributed by atoms with E-state index in [1.807, 2.05) is 20.8 Å². The molecule has 0 N–H and O–H groups in total. The molecule has 0 spiro atoms. The maximum atomic E-state index is 14.1. The molecule has 0 saturated heterocycles. The SMILES string of the molecule is CC(C)SOC(/C=C/C[C@@](C)(CCCC(C)(C)O[Si](C)(C)C)[C@H]1CCC2C(=O)CCC[C@@]21C)(C(F)(F)F)C(F)(F)F. The highest BCUT2D eigenvalue weighted by Gasteiger charge is 2.71. The Kier molecular flexibility index (Phi) is 11.5. The zero-order valence-corrected chi connectivity index (χ0v) is 28.0. The Hall–Kier alpha value is -0.523. The van der Waals surface area contributed by atoms with Gasteiger partial charge in [-0.05, 0) is 113 Å². The highest BCUT2D eigenvalue weighted by Crippen LogP contribution is 2.62. The fourth-order valence-corrected chi connectivity index (χ4v) is 9.78. The zero-order chi connectivity index (χ0) is 31.7. The van der Waals surface area contributed by atoms with Crippen LogP contribution < -0.4 is 0 Å². The van der Waals surface area contributed by atoms with E-state index in [4.69, 9.17) is 4.43 Å². The van der Waals surface area contributed by atoms with Gasteiger partial charge in [-0.3, -0.25) is 8.98 Å². The minimum atomic E-state index is -5.70. The molecule has 240 valence electrons. The normalized spacial score (nSPS) is 26.6. The topological polar surface area (TPSA) is 35.5 Å². The number of alkyl halides is 6. The molecule has 2 aliphatic carbocycles. The fourth-order valence-electron chi connectivity index (χ4n) is 7.43. The van der Waals surface area contributed by atoms with Crippen LogP contribution >= 0.6 is 12.0 Å². The monoisotopic (exact) mass is 632 g/mol. The second-order valence-electron chi connectivity index (χ2n) is 14.6. The van der Waals surface area contributed by atoms with Gasteiger partial charge in [-0.2, -0.15) is 26.3 Å². The molecule has 2 fully saturated rings. The molecule has 11 heteroatoms. The van der Waals surface area contributed by atoms with Crippen LogP contribution in [-0.4, -0.2) is 42.9 Å². The van der Waals surface area contributed by atoms with Gasteiger partial charge in [0.15, 0.2) is 8.32 Å². The first-order valence-corrected chi connectivity index (χ1v) is 19.0. The van der Waals surface area contributed by atoms with E-state index in [1.165, 1.54) is 13.8 Å². The van der Waals surface area contributed by atoms with Crippen molar-refractivity contribution < 1.29 is 39.7 Å². The fraction of sp³-hybridized carbons (Fsp3) is 0.900. The predicted molar refractivity (Wildman–Crippen MR) is 156 cm³/mol. The van der Waals surface area contributed by atoms with Crippen molar-refractivity contribution in [3.05, 3.63) is 12.2 Å². The Morgan fingerprint density at radius 3 is 2.12 bits per heavy atom. The summed E-state index contributed by atoms with van der Waals surface area (Å²) in [7, 11) is -1.83. The second-order valence-corrected chi connectivity index (χ2v) is 20.3. The standard InChI is InChI=1S/C30H50F6O3SSi/c1-21(2)40-38-28(29(31,32)33,30(34,35)36)20-12-18-26(5,17-11-16-25(3,4)39-41(7,8)9)24-15-14-22-23(37)13-10-19-27(22,24)6/h12,20-22,24H,10-11,13-19H2,1-9H3/b20-12+/t22?,24-,26-,27+/m1/s1. The minimum Gasteiger partial charge on any atom is -0.413 e. The summed E-state index contributed by atoms with van der Waals surface area (Å²) in [4.78, 5) is 12.8. The number of halogens is 6. The summed E-state index contributed by atoms with van der Waals surface area (Å²) in [5.74, 6) is 0.120. The lowest BCUT2D eigenvalue weighted by molar-refractivity contribution is -0.334. The number of rotatable bonds is 13. The maximum Gasteiger partial charge on any atom is 0.431 e. The molecule has 0 aliphatic heterocycles. The van der Waals surface area contributed by atoms with Crippen LogP contribution in [0.1, 0.15) is 99.3 Å². The minimum absolute atomic E-state index is 0.00736. The van der Waals surface area contributed by atoms with E-state index < -0.39 is 42.5 Å². The Morgan fingerprint density at radius 1 is 1.02 bits per heavy atom. The molecule has 2 saturated carbocycles. The molecule has 0 aromatic rings. The van der Waals surface area contributed by atoms with E-state index in [2.05, 4.69) is 30.7 Å². The molecule has 4 atom stereocenters. The van der Waals surface area contributed by atoms with Gasteiger partial charge in [-0.1, -0.05) is 40.2 Å². The van der Waals surface area contributed by atoms with Crippen LogP contribution in [0.15, 0.2) is 12.2 Å². The van der Waals surface area contributed by atoms with Crippen molar-refractivity contribution in [1.82, 2.24) is 0 Å². The first kappa shape index (κ1) is 36.7. The largest absolute Gasteiger partial charge is 0.431 e. The van der Waals surface area contributed by atoms with E-state index in [0.29, 0.717) is 32.1 Å². The van der Waals surface area contributed by atoms with Crippen LogP contribution in [-0.2, 0) is 13.4 Å². The lowest BCUT2D eigenvalue weighted by Crippen LogP contribution is -2.56. The van der Waals surface area contributed by atoms with Crippen LogP contribution in [0, 0.1) is 22.7 Å². The van der Waals surface area contributed by atoms with Crippen molar-refractivity contribution in [3.8, 4) is 0 Å². The smallest absolute Gasteiger partial charge is 0.413 e. The summed E-state index contributed by atoms with van der Waals surface area (Å²) in [6.07, 6.45) is -4.56. The summed E-state index contributed by atoms with van der Waals surface area (Å²) in [5.41, 5.74) is -5.74. The summed E-state index contributed by atoms with van der Waals surface area (Å²) < 4.78 is 95.4. The van der Waals surface area contributed by atoms with E-state index in [1.54, 1.807) is 0 Å². The molecule has 0 amide bonds. The van der Waals surface area contributed by atoms with E-state index in [0.717, 1.165) is 25.3 Å². The van der Waals surface area contributed by atoms with Crippen LogP contribution in [0.4, 0.5) is 26.3 Å². The highest BCUT2D eigenvalue weighted by atomic mass is 32.2. The Labute approximate surface area is 248 Å². The lowest BCUT2D eigenvalue weighted by Gasteiger charge is -2.48. The van der Waals surface area contributed by atoms with E-state index in [-0.39, 0.29) is 47.6 Å². The maximum absolute atomic E-state index is 14.1. The number of hydrogen-bond acceptors (Lipinski definition) is 4. The number of allylic oxidation sites excluding steroid dienone is 1. The first-order chi connectivity index (χ1) is 18.4. The first-order valence-electron chi connectivity index (χ1n) is 14.8. The van der Waals surface area contributed by atoms with Gasteiger partial charge in [-0.25, -0.2) is 0 Å².